The Labute approximate surface area is 146 Å². The maximum Gasteiger partial charge on any atom is 0.311 e. The Morgan fingerprint density at radius 2 is 2.28 bits per heavy atom. The number of carbonyl (C=O) groups excluding carboxylic acids is 1. The molecule has 1 saturated carbocycles. The van der Waals surface area contributed by atoms with E-state index in [0.29, 0.717) is 32.4 Å². The number of imidazole rings is 1. The fourth-order valence-corrected chi connectivity index (χ4v) is 4.56. The summed E-state index contributed by atoms with van der Waals surface area (Å²) in [6, 6.07) is 5.99. The molecule has 1 amide bonds. The van der Waals surface area contributed by atoms with Crippen molar-refractivity contribution in [3.05, 3.63) is 29.6 Å². The van der Waals surface area contributed by atoms with E-state index in [9.17, 15) is 14.7 Å². The first-order chi connectivity index (χ1) is 12.0. The minimum absolute atomic E-state index is 0.0344. The third-order valence-electron chi connectivity index (χ3n) is 5.99. The number of nitrogens with one attached hydrogen (secondary N) is 1. The van der Waals surface area contributed by atoms with E-state index in [2.05, 4.69) is 9.97 Å². The number of likely N-dealkylation sites (tertiary alicyclic amines) is 1. The van der Waals surface area contributed by atoms with Crippen molar-refractivity contribution in [3.63, 3.8) is 0 Å². The predicted molar refractivity (Wildman–Crippen MR) is 93.1 cm³/mol. The first kappa shape index (κ1) is 16.1. The second-order valence-corrected chi connectivity index (χ2v) is 7.48. The highest BCUT2D eigenvalue weighted by atomic mass is 16.4. The van der Waals surface area contributed by atoms with Crippen LogP contribution in [0.3, 0.4) is 0 Å². The van der Waals surface area contributed by atoms with Gasteiger partial charge in [-0.05, 0) is 37.3 Å². The molecule has 0 bridgehead atoms. The van der Waals surface area contributed by atoms with Crippen molar-refractivity contribution in [1.29, 1.82) is 0 Å². The average Bonchev–Trinajstić information content (AvgIpc) is 3.24. The van der Waals surface area contributed by atoms with Gasteiger partial charge in [0.1, 0.15) is 5.82 Å². The Bertz CT molecular complexity index is 844. The van der Waals surface area contributed by atoms with Crippen molar-refractivity contribution in [2.75, 3.05) is 13.1 Å². The highest BCUT2D eigenvalue weighted by Crippen LogP contribution is 2.48. The number of nitrogens with zero attached hydrogens (tertiary/aromatic N) is 2. The summed E-state index contributed by atoms with van der Waals surface area (Å²) in [5.74, 6) is 0.220. The zero-order valence-electron chi connectivity index (χ0n) is 14.4. The number of aryl methyl sites for hydroxylation is 2. The Hall–Kier alpha value is -2.37. The summed E-state index contributed by atoms with van der Waals surface area (Å²) in [5, 5.41) is 9.64. The number of amides is 1. The third kappa shape index (κ3) is 2.60. The second-order valence-electron chi connectivity index (χ2n) is 7.48. The van der Waals surface area contributed by atoms with Crippen LogP contribution in [-0.4, -0.2) is 44.9 Å². The molecule has 132 valence electrons. The van der Waals surface area contributed by atoms with E-state index in [4.69, 9.17) is 0 Å². The summed E-state index contributed by atoms with van der Waals surface area (Å²) in [4.78, 5) is 33.9. The van der Waals surface area contributed by atoms with Crippen LogP contribution in [0.5, 0.6) is 0 Å². The maximum atomic E-state index is 12.6. The molecule has 1 aliphatic heterocycles. The molecular formula is C19H23N3O3. The molecule has 1 aliphatic carbocycles. The number of carbonyl (C=O) groups is 2. The molecule has 2 heterocycles. The van der Waals surface area contributed by atoms with Crippen molar-refractivity contribution in [3.8, 4) is 0 Å². The topological polar surface area (TPSA) is 86.3 Å². The molecule has 1 saturated heterocycles. The summed E-state index contributed by atoms with van der Waals surface area (Å²) < 4.78 is 0. The van der Waals surface area contributed by atoms with Gasteiger partial charge in [0.05, 0.1) is 16.4 Å². The lowest BCUT2D eigenvalue weighted by atomic mass is 9.81. The van der Waals surface area contributed by atoms with Gasteiger partial charge in [-0.15, -0.1) is 0 Å². The van der Waals surface area contributed by atoms with Crippen molar-refractivity contribution in [1.82, 2.24) is 14.9 Å². The Kier molecular flexibility index (Phi) is 3.78. The van der Waals surface area contributed by atoms with Gasteiger partial charge in [-0.25, -0.2) is 4.98 Å². The molecule has 2 N–H and O–H groups in total. The van der Waals surface area contributed by atoms with Gasteiger partial charge >= 0.3 is 5.97 Å². The van der Waals surface area contributed by atoms with Gasteiger partial charge in [-0.1, -0.05) is 18.6 Å². The molecule has 4 rings (SSSR count). The molecule has 0 radical (unpaired) electrons. The number of aromatic amines is 1. The Morgan fingerprint density at radius 3 is 3.00 bits per heavy atom. The van der Waals surface area contributed by atoms with Crippen molar-refractivity contribution >= 4 is 22.9 Å². The summed E-state index contributed by atoms with van der Waals surface area (Å²) in [7, 11) is 0. The maximum absolute atomic E-state index is 12.6. The standard InChI is InChI=1S/C19H23N3O3/c1-12-4-2-6-14-17(12)21-15(20-14)7-8-16(23)22-10-13-5-3-9-19(13,11-22)18(24)25/h2,4,6,13H,3,5,7-11H2,1H3,(H,20,21)(H,24,25)/t13-,19+/m0/s1. The van der Waals surface area contributed by atoms with E-state index in [1.54, 1.807) is 4.90 Å². The van der Waals surface area contributed by atoms with Crippen LogP contribution in [0.15, 0.2) is 18.2 Å². The van der Waals surface area contributed by atoms with Crippen LogP contribution < -0.4 is 0 Å². The molecule has 2 atom stereocenters. The second kappa shape index (κ2) is 5.86. The lowest BCUT2D eigenvalue weighted by Gasteiger charge is -2.23. The quantitative estimate of drug-likeness (QED) is 0.895. The van der Waals surface area contributed by atoms with Gasteiger partial charge < -0.3 is 15.0 Å². The lowest BCUT2D eigenvalue weighted by Crippen LogP contribution is -2.37. The predicted octanol–water partition coefficient (Wildman–Crippen LogP) is 2.52. The van der Waals surface area contributed by atoms with Crippen LogP contribution in [0.4, 0.5) is 0 Å². The van der Waals surface area contributed by atoms with Gasteiger partial charge in [0.25, 0.3) is 0 Å². The van der Waals surface area contributed by atoms with Gasteiger partial charge in [-0.2, -0.15) is 0 Å². The molecule has 2 fully saturated rings. The van der Waals surface area contributed by atoms with Crippen LogP contribution in [0.2, 0.25) is 0 Å². The van der Waals surface area contributed by atoms with Crippen molar-refractivity contribution in [2.24, 2.45) is 11.3 Å². The van der Waals surface area contributed by atoms with Crippen LogP contribution in [-0.2, 0) is 16.0 Å². The van der Waals surface area contributed by atoms with Gasteiger partial charge in [-0.3, -0.25) is 9.59 Å². The van der Waals surface area contributed by atoms with Crippen LogP contribution in [0.25, 0.3) is 11.0 Å². The summed E-state index contributed by atoms with van der Waals surface area (Å²) >= 11 is 0. The van der Waals surface area contributed by atoms with E-state index in [-0.39, 0.29) is 11.8 Å². The van der Waals surface area contributed by atoms with E-state index in [0.717, 1.165) is 35.3 Å². The number of benzene rings is 1. The first-order valence-corrected chi connectivity index (χ1v) is 8.95. The van der Waals surface area contributed by atoms with Gasteiger partial charge in [0.2, 0.25) is 5.91 Å². The van der Waals surface area contributed by atoms with E-state index in [1.807, 2.05) is 25.1 Å². The molecule has 0 unspecified atom stereocenters. The number of aromatic nitrogens is 2. The fourth-order valence-electron chi connectivity index (χ4n) is 4.56. The zero-order valence-corrected chi connectivity index (χ0v) is 14.4. The molecule has 0 spiro atoms. The number of para-hydroxylation sites is 1. The third-order valence-corrected chi connectivity index (χ3v) is 5.99. The van der Waals surface area contributed by atoms with Crippen LogP contribution in [0.1, 0.15) is 37.1 Å². The number of carboxylic acid groups (broad SMARTS) is 1. The van der Waals surface area contributed by atoms with Gasteiger partial charge in [0.15, 0.2) is 0 Å². The molecule has 1 aromatic heterocycles. The number of rotatable bonds is 4. The van der Waals surface area contributed by atoms with E-state index >= 15 is 0 Å². The van der Waals surface area contributed by atoms with Crippen LogP contribution in [0, 0.1) is 18.3 Å². The van der Waals surface area contributed by atoms with E-state index < -0.39 is 11.4 Å². The minimum atomic E-state index is -0.738. The Morgan fingerprint density at radius 1 is 1.44 bits per heavy atom. The van der Waals surface area contributed by atoms with Crippen LogP contribution >= 0.6 is 0 Å². The fraction of sp³-hybridized carbons (Fsp3) is 0.526. The largest absolute Gasteiger partial charge is 0.481 e. The molecule has 25 heavy (non-hydrogen) atoms. The minimum Gasteiger partial charge on any atom is -0.481 e. The molecule has 2 aliphatic rings. The lowest BCUT2D eigenvalue weighted by molar-refractivity contribution is -0.149. The summed E-state index contributed by atoms with van der Waals surface area (Å²) in [6.45, 7) is 2.97. The molecule has 1 aromatic carbocycles. The molecular weight excluding hydrogens is 318 g/mol. The number of fused-ring (bicyclic) bond motifs is 2. The zero-order chi connectivity index (χ0) is 17.6. The number of carboxylic acids is 1. The number of hydrogen-bond donors (Lipinski definition) is 2. The summed E-state index contributed by atoms with van der Waals surface area (Å²) in [6.07, 6.45) is 3.48. The van der Waals surface area contributed by atoms with E-state index in [1.165, 1.54) is 0 Å². The highest BCUT2D eigenvalue weighted by Gasteiger charge is 2.55. The number of H-pyrrole nitrogens is 1. The SMILES string of the molecule is Cc1cccc2[nH]c(CCC(=O)N3C[C@@H]4CCC[C@@]4(C(=O)O)C3)nc12. The molecule has 2 aromatic rings. The number of aliphatic carboxylic acids is 1. The highest BCUT2D eigenvalue weighted by molar-refractivity contribution is 5.82. The number of hydrogen-bond acceptors (Lipinski definition) is 3. The summed E-state index contributed by atoms with van der Waals surface area (Å²) in [5.41, 5.74) is 2.35. The van der Waals surface area contributed by atoms with Crippen molar-refractivity contribution in [2.45, 2.75) is 39.0 Å². The monoisotopic (exact) mass is 341 g/mol. The first-order valence-electron chi connectivity index (χ1n) is 8.95. The smallest absolute Gasteiger partial charge is 0.311 e. The van der Waals surface area contributed by atoms with Crippen molar-refractivity contribution < 1.29 is 14.7 Å². The van der Waals surface area contributed by atoms with Gasteiger partial charge in [0, 0.05) is 25.9 Å². The molecule has 6 nitrogen and oxygen atoms in total. The molecule has 6 heteroatoms. The Balaban J connectivity index is 1.42. The normalized spacial score (nSPS) is 25.5. The average molecular weight is 341 g/mol.